The van der Waals surface area contributed by atoms with Gasteiger partial charge in [-0.05, 0) is 19.1 Å². The van der Waals surface area contributed by atoms with Crippen LogP contribution in [0.1, 0.15) is 23.0 Å². The Balaban J connectivity index is 2.20. The second-order valence-electron chi connectivity index (χ2n) is 4.54. The van der Waals surface area contributed by atoms with E-state index < -0.39 is 6.09 Å². The van der Waals surface area contributed by atoms with Crippen molar-refractivity contribution < 1.29 is 19.4 Å². The van der Waals surface area contributed by atoms with Crippen molar-refractivity contribution in [3.63, 3.8) is 0 Å². The number of carbonyl (C=O) groups excluding carboxylic acids is 2. The second-order valence-corrected chi connectivity index (χ2v) is 4.54. The molecular formula is C17H16N2O4. The predicted octanol–water partition coefficient (Wildman–Crippen LogP) is 3.25. The molecule has 0 atom stereocenters. The lowest BCUT2D eigenvalue weighted by atomic mass is 10.1. The van der Waals surface area contributed by atoms with E-state index in [0.717, 1.165) is 0 Å². The first-order valence-corrected chi connectivity index (χ1v) is 7.00. The second kappa shape index (κ2) is 7.74. The number of nitrogens with one attached hydrogen (secondary N) is 1. The van der Waals surface area contributed by atoms with Crippen molar-refractivity contribution in [3.8, 4) is 5.75 Å². The largest absolute Gasteiger partial charge is 0.506 e. The minimum atomic E-state index is -0.663. The van der Waals surface area contributed by atoms with Crippen molar-refractivity contribution in [2.24, 2.45) is 0 Å². The maximum Gasteiger partial charge on any atom is 0.411 e. The Morgan fingerprint density at radius 1 is 1.30 bits per heavy atom. The fraction of sp³-hybridized carbons (Fsp3) is 0.118. The number of aromatic nitrogens is 1. The van der Waals surface area contributed by atoms with Crippen LogP contribution in [0.25, 0.3) is 6.08 Å². The molecule has 1 amide bonds. The summed E-state index contributed by atoms with van der Waals surface area (Å²) in [6.45, 7) is 1.90. The van der Waals surface area contributed by atoms with E-state index in [4.69, 9.17) is 4.74 Å². The quantitative estimate of drug-likeness (QED) is 0.653. The number of aromatic hydroxyl groups is 1. The van der Waals surface area contributed by atoms with Gasteiger partial charge in [-0.25, -0.2) is 4.79 Å². The number of nitrogens with zero attached hydrogens (tertiary/aromatic N) is 1. The first kappa shape index (κ1) is 16.2. The van der Waals surface area contributed by atoms with E-state index in [9.17, 15) is 14.7 Å². The van der Waals surface area contributed by atoms with Gasteiger partial charge in [0.15, 0.2) is 5.78 Å². The SMILES string of the molecule is CCOC(=O)Nc1cc(O)cnc1/C=C/C(=O)c1ccccc1. The molecule has 1 aromatic carbocycles. The van der Waals surface area contributed by atoms with Crippen molar-refractivity contribution in [3.05, 3.63) is 59.9 Å². The molecule has 0 radical (unpaired) electrons. The number of pyridine rings is 1. The number of anilines is 1. The van der Waals surface area contributed by atoms with E-state index in [1.54, 1.807) is 31.2 Å². The summed E-state index contributed by atoms with van der Waals surface area (Å²) in [6.07, 6.45) is 3.38. The lowest BCUT2D eigenvalue weighted by Gasteiger charge is -2.08. The number of rotatable bonds is 5. The number of hydrogen-bond donors (Lipinski definition) is 2. The number of ether oxygens (including phenoxy) is 1. The normalized spacial score (nSPS) is 10.5. The summed E-state index contributed by atoms with van der Waals surface area (Å²) in [4.78, 5) is 27.5. The lowest BCUT2D eigenvalue weighted by Crippen LogP contribution is -2.14. The van der Waals surface area contributed by atoms with E-state index >= 15 is 0 Å². The number of benzene rings is 1. The van der Waals surface area contributed by atoms with Crippen molar-refractivity contribution >= 4 is 23.6 Å². The average Bonchev–Trinajstić information content (AvgIpc) is 2.55. The molecule has 6 nitrogen and oxygen atoms in total. The van der Waals surface area contributed by atoms with Gasteiger partial charge in [0.1, 0.15) is 5.75 Å². The zero-order valence-electron chi connectivity index (χ0n) is 12.5. The Morgan fingerprint density at radius 3 is 2.74 bits per heavy atom. The topological polar surface area (TPSA) is 88.5 Å². The molecule has 23 heavy (non-hydrogen) atoms. The van der Waals surface area contributed by atoms with E-state index in [-0.39, 0.29) is 23.8 Å². The highest BCUT2D eigenvalue weighted by Gasteiger charge is 2.09. The van der Waals surface area contributed by atoms with Crippen LogP contribution in [-0.2, 0) is 4.74 Å². The fourth-order valence-corrected chi connectivity index (χ4v) is 1.83. The monoisotopic (exact) mass is 312 g/mol. The third-order valence-electron chi connectivity index (χ3n) is 2.87. The summed E-state index contributed by atoms with van der Waals surface area (Å²) in [6, 6.07) is 10.1. The summed E-state index contributed by atoms with van der Waals surface area (Å²) >= 11 is 0. The van der Waals surface area contributed by atoms with Gasteiger partial charge in [0.25, 0.3) is 0 Å². The first-order valence-electron chi connectivity index (χ1n) is 7.00. The van der Waals surface area contributed by atoms with Crippen molar-refractivity contribution in [1.29, 1.82) is 0 Å². The molecule has 0 saturated heterocycles. The van der Waals surface area contributed by atoms with Crippen LogP contribution in [0.15, 0.2) is 48.7 Å². The zero-order valence-corrected chi connectivity index (χ0v) is 12.5. The Morgan fingerprint density at radius 2 is 2.04 bits per heavy atom. The van der Waals surface area contributed by atoms with E-state index in [1.165, 1.54) is 24.4 Å². The summed E-state index contributed by atoms with van der Waals surface area (Å²) < 4.78 is 4.79. The van der Waals surface area contributed by atoms with Crippen LogP contribution in [0.4, 0.5) is 10.5 Å². The molecule has 0 aliphatic carbocycles. The molecular weight excluding hydrogens is 296 g/mol. The van der Waals surface area contributed by atoms with Crippen LogP contribution >= 0.6 is 0 Å². The van der Waals surface area contributed by atoms with E-state index in [2.05, 4.69) is 10.3 Å². The zero-order chi connectivity index (χ0) is 16.7. The van der Waals surface area contributed by atoms with Gasteiger partial charge in [0, 0.05) is 11.6 Å². The molecule has 2 aromatic rings. The maximum atomic E-state index is 12.0. The van der Waals surface area contributed by atoms with E-state index in [1.807, 2.05) is 6.07 Å². The van der Waals surface area contributed by atoms with Gasteiger partial charge >= 0.3 is 6.09 Å². The Hall–Kier alpha value is -3.15. The van der Waals surface area contributed by atoms with Gasteiger partial charge in [-0.15, -0.1) is 0 Å². The lowest BCUT2D eigenvalue weighted by molar-refractivity contribution is 0.104. The first-order chi connectivity index (χ1) is 11.1. The third-order valence-corrected chi connectivity index (χ3v) is 2.87. The molecule has 0 aliphatic rings. The van der Waals surface area contributed by atoms with E-state index in [0.29, 0.717) is 11.3 Å². The third kappa shape index (κ3) is 4.67. The number of ketones is 1. The number of amides is 1. The molecule has 1 aromatic heterocycles. The van der Waals surface area contributed by atoms with Crippen LogP contribution in [0.2, 0.25) is 0 Å². The highest BCUT2D eigenvalue weighted by atomic mass is 16.5. The molecule has 0 saturated carbocycles. The number of hydrogen-bond acceptors (Lipinski definition) is 5. The molecule has 0 spiro atoms. The summed E-state index contributed by atoms with van der Waals surface area (Å²) in [5.74, 6) is -0.300. The standard InChI is InChI=1S/C17H16N2O4/c1-2-23-17(22)19-15-10-13(20)11-18-14(15)8-9-16(21)12-6-4-3-5-7-12/h3-11,20H,2H2,1H3,(H,19,22)/b9-8+. The highest BCUT2D eigenvalue weighted by molar-refractivity contribution is 6.07. The highest BCUT2D eigenvalue weighted by Crippen LogP contribution is 2.20. The van der Waals surface area contributed by atoms with Crippen molar-refractivity contribution in [2.75, 3.05) is 11.9 Å². The van der Waals surface area contributed by atoms with Gasteiger partial charge < -0.3 is 9.84 Å². The van der Waals surface area contributed by atoms with Crippen LogP contribution < -0.4 is 5.32 Å². The van der Waals surface area contributed by atoms with Crippen molar-refractivity contribution in [1.82, 2.24) is 4.98 Å². The van der Waals surface area contributed by atoms with Gasteiger partial charge in [-0.1, -0.05) is 30.3 Å². The smallest absolute Gasteiger partial charge is 0.411 e. The van der Waals surface area contributed by atoms with Gasteiger partial charge in [-0.2, -0.15) is 0 Å². The van der Waals surface area contributed by atoms with Gasteiger partial charge in [-0.3, -0.25) is 15.1 Å². The van der Waals surface area contributed by atoms with Crippen LogP contribution in [0.5, 0.6) is 5.75 Å². The van der Waals surface area contributed by atoms with Gasteiger partial charge in [0.2, 0.25) is 0 Å². The van der Waals surface area contributed by atoms with Crippen LogP contribution in [0, 0.1) is 0 Å². The molecule has 2 N–H and O–H groups in total. The van der Waals surface area contributed by atoms with Gasteiger partial charge in [0.05, 0.1) is 24.2 Å². The maximum absolute atomic E-state index is 12.0. The molecule has 0 unspecified atom stereocenters. The number of carbonyl (C=O) groups is 2. The molecule has 0 fully saturated rings. The average molecular weight is 312 g/mol. The molecule has 1 heterocycles. The molecule has 0 aliphatic heterocycles. The molecule has 118 valence electrons. The van der Waals surface area contributed by atoms with Crippen LogP contribution in [0.3, 0.4) is 0 Å². The Bertz CT molecular complexity index is 727. The van der Waals surface area contributed by atoms with Crippen LogP contribution in [-0.4, -0.2) is 28.6 Å². The molecule has 2 rings (SSSR count). The molecule has 0 bridgehead atoms. The minimum absolute atomic E-state index is 0.108. The summed E-state index contributed by atoms with van der Waals surface area (Å²) in [5, 5.41) is 12.0. The number of allylic oxidation sites excluding steroid dienone is 1. The predicted molar refractivity (Wildman–Crippen MR) is 86.4 cm³/mol. The summed E-state index contributed by atoms with van der Waals surface area (Å²) in [7, 11) is 0. The fourth-order valence-electron chi connectivity index (χ4n) is 1.83. The Labute approximate surface area is 133 Å². The Kier molecular flexibility index (Phi) is 5.46. The minimum Gasteiger partial charge on any atom is -0.506 e. The molecule has 6 heteroatoms. The summed E-state index contributed by atoms with van der Waals surface area (Å²) in [5.41, 5.74) is 1.13. The van der Waals surface area contributed by atoms with Crippen molar-refractivity contribution in [2.45, 2.75) is 6.92 Å².